The maximum absolute atomic E-state index is 13.8. The summed E-state index contributed by atoms with van der Waals surface area (Å²) >= 11 is 0. The summed E-state index contributed by atoms with van der Waals surface area (Å²) in [6, 6.07) is 12.6. The zero-order valence-electron chi connectivity index (χ0n) is 17.9. The molecule has 1 aliphatic carbocycles. The van der Waals surface area contributed by atoms with Crippen LogP contribution in [-0.4, -0.2) is 20.7 Å². The number of benzene rings is 2. The molecule has 0 radical (unpaired) electrons. The van der Waals surface area contributed by atoms with Crippen molar-refractivity contribution in [2.45, 2.75) is 51.4 Å². The summed E-state index contributed by atoms with van der Waals surface area (Å²) in [6.45, 7) is 3.83. The molecule has 5 rings (SSSR count). The van der Waals surface area contributed by atoms with E-state index in [2.05, 4.69) is 23.0 Å². The third kappa shape index (κ3) is 3.73. The van der Waals surface area contributed by atoms with Gasteiger partial charge < -0.3 is 4.98 Å². The maximum Gasteiger partial charge on any atom is 0.159 e. The molecule has 1 atom stereocenters. The van der Waals surface area contributed by atoms with Crippen LogP contribution >= 0.6 is 0 Å². The van der Waals surface area contributed by atoms with E-state index < -0.39 is 0 Å². The second-order valence-corrected chi connectivity index (χ2v) is 8.87. The number of fused-ring (bicyclic) bond motifs is 2. The van der Waals surface area contributed by atoms with Crippen LogP contribution in [0.3, 0.4) is 0 Å². The molecule has 0 bridgehead atoms. The first-order chi connectivity index (χ1) is 15.0. The molecular formula is C26H26FN3O. The summed E-state index contributed by atoms with van der Waals surface area (Å²) in [5, 5.41) is 0.942. The third-order valence-electron chi connectivity index (χ3n) is 6.99. The highest BCUT2D eigenvalue weighted by atomic mass is 19.1. The van der Waals surface area contributed by atoms with E-state index in [1.54, 1.807) is 19.1 Å². The van der Waals surface area contributed by atoms with Crippen LogP contribution in [0.2, 0.25) is 0 Å². The predicted molar refractivity (Wildman–Crippen MR) is 121 cm³/mol. The number of imidazole rings is 1. The van der Waals surface area contributed by atoms with Gasteiger partial charge in [0, 0.05) is 23.1 Å². The summed E-state index contributed by atoms with van der Waals surface area (Å²) in [5.74, 6) is 2.16. The van der Waals surface area contributed by atoms with Crippen molar-refractivity contribution in [2.24, 2.45) is 5.92 Å². The van der Waals surface area contributed by atoms with Crippen molar-refractivity contribution < 1.29 is 9.18 Å². The monoisotopic (exact) mass is 415 g/mol. The summed E-state index contributed by atoms with van der Waals surface area (Å²) < 4.78 is 13.8. The molecule has 2 heterocycles. The van der Waals surface area contributed by atoms with Crippen LogP contribution < -0.4 is 0 Å². The average molecular weight is 416 g/mol. The Morgan fingerprint density at radius 3 is 2.61 bits per heavy atom. The molecule has 1 fully saturated rings. The second kappa shape index (κ2) is 7.88. The Hall–Kier alpha value is -3.08. The minimum Gasteiger partial charge on any atom is -0.342 e. The van der Waals surface area contributed by atoms with Crippen molar-refractivity contribution in [2.75, 3.05) is 0 Å². The van der Waals surface area contributed by atoms with E-state index in [1.165, 1.54) is 11.6 Å². The Bertz CT molecular complexity index is 1270. The number of ketones is 1. The van der Waals surface area contributed by atoms with Crippen molar-refractivity contribution >= 4 is 27.7 Å². The molecule has 0 saturated heterocycles. The van der Waals surface area contributed by atoms with Crippen molar-refractivity contribution in [3.05, 3.63) is 71.4 Å². The fourth-order valence-electron chi connectivity index (χ4n) is 5.11. The predicted octanol–water partition coefficient (Wildman–Crippen LogP) is 6.53. The lowest BCUT2D eigenvalue weighted by Crippen LogP contribution is -2.19. The topological polar surface area (TPSA) is 58.6 Å². The van der Waals surface area contributed by atoms with Crippen LogP contribution in [0.1, 0.15) is 73.1 Å². The molecule has 0 unspecified atom stereocenters. The van der Waals surface area contributed by atoms with Crippen LogP contribution in [-0.2, 0) is 0 Å². The molecule has 4 nitrogen and oxygen atoms in total. The largest absolute Gasteiger partial charge is 0.342 e. The quantitative estimate of drug-likeness (QED) is 0.386. The molecular weight excluding hydrogens is 389 g/mol. The van der Waals surface area contributed by atoms with Gasteiger partial charge in [-0.05, 0) is 92.5 Å². The van der Waals surface area contributed by atoms with E-state index in [9.17, 15) is 9.18 Å². The van der Waals surface area contributed by atoms with E-state index in [1.807, 2.05) is 24.4 Å². The molecule has 1 saturated carbocycles. The fraction of sp³-hybridized carbons (Fsp3) is 0.346. The summed E-state index contributed by atoms with van der Waals surface area (Å²) in [6.07, 6.45) is 6.23. The van der Waals surface area contributed by atoms with Gasteiger partial charge in [-0.1, -0.05) is 6.92 Å². The number of carbonyl (C=O) groups is 1. The first-order valence-electron chi connectivity index (χ1n) is 11.0. The van der Waals surface area contributed by atoms with Crippen molar-refractivity contribution in [1.29, 1.82) is 0 Å². The number of H-pyrrole nitrogens is 1. The van der Waals surface area contributed by atoms with Crippen molar-refractivity contribution in [3.63, 3.8) is 0 Å². The molecule has 5 heteroatoms. The zero-order valence-corrected chi connectivity index (χ0v) is 17.9. The van der Waals surface area contributed by atoms with Gasteiger partial charge in [0.05, 0.1) is 16.6 Å². The van der Waals surface area contributed by atoms with Gasteiger partial charge in [0.2, 0.25) is 0 Å². The molecule has 1 aliphatic rings. The standard InChI is InChI=1S/C26H26FN3O/c1-15(26-29-24-9-7-19(16(2)31)13-25(24)30-26)17-3-5-18(6-4-17)21-11-12-28-23-10-8-20(27)14-22(21)23/h7-15,17-18H,3-6H2,1-2H3,(H,29,30)/t15-,17-,18+/m0/s1. The summed E-state index contributed by atoms with van der Waals surface area (Å²) in [7, 11) is 0. The number of nitrogens with zero attached hydrogens (tertiary/aromatic N) is 2. The van der Waals surface area contributed by atoms with E-state index in [4.69, 9.17) is 4.98 Å². The highest BCUT2D eigenvalue weighted by Gasteiger charge is 2.29. The molecule has 4 aromatic rings. The van der Waals surface area contributed by atoms with Gasteiger partial charge in [0.15, 0.2) is 5.78 Å². The number of nitrogens with one attached hydrogen (secondary N) is 1. The van der Waals surface area contributed by atoms with Gasteiger partial charge in [0.25, 0.3) is 0 Å². The number of carbonyl (C=O) groups excluding carboxylic acids is 1. The Kier molecular flexibility index (Phi) is 5.05. The normalized spacial score (nSPS) is 20.2. The third-order valence-corrected chi connectivity index (χ3v) is 6.99. The molecule has 2 aromatic carbocycles. The minimum absolute atomic E-state index is 0.0629. The smallest absolute Gasteiger partial charge is 0.159 e. The first kappa shape index (κ1) is 19.9. The van der Waals surface area contributed by atoms with Crippen LogP contribution in [0.15, 0.2) is 48.7 Å². The molecule has 1 N–H and O–H groups in total. The Morgan fingerprint density at radius 1 is 1.06 bits per heavy atom. The number of hydrogen-bond acceptors (Lipinski definition) is 3. The van der Waals surface area contributed by atoms with Crippen LogP contribution in [0, 0.1) is 11.7 Å². The van der Waals surface area contributed by atoms with E-state index >= 15 is 0 Å². The highest BCUT2D eigenvalue weighted by Crippen LogP contribution is 2.43. The van der Waals surface area contributed by atoms with Crippen molar-refractivity contribution in [3.8, 4) is 0 Å². The number of halogens is 1. The summed E-state index contributed by atoms with van der Waals surface area (Å²) in [5.41, 5.74) is 4.62. The molecule has 31 heavy (non-hydrogen) atoms. The Morgan fingerprint density at radius 2 is 1.84 bits per heavy atom. The lowest BCUT2D eigenvalue weighted by molar-refractivity contribution is 0.101. The van der Waals surface area contributed by atoms with E-state index in [0.717, 1.165) is 53.4 Å². The van der Waals surface area contributed by atoms with Crippen LogP contribution in [0.5, 0.6) is 0 Å². The zero-order chi connectivity index (χ0) is 21.5. The SMILES string of the molecule is CC(=O)c1ccc2nc([C@@H](C)[C@H]3CC[C@@H](c4ccnc5ccc(F)cc54)CC3)[nH]c2c1. The average Bonchev–Trinajstić information content (AvgIpc) is 3.21. The van der Waals surface area contributed by atoms with Gasteiger partial charge in [-0.2, -0.15) is 0 Å². The molecule has 0 amide bonds. The van der Waals surface area contributed by atoms with Gasteiger partial charge in [-0.25, -0.2) is 9.37 Å². The molecule has 158 valence electrons. The van der Waals surface area contributed by atoms with Crippen LogP contribution in [0.4, 0.5) is 4.39 Å². The number of Topliss-reactive ketones (excluding diaryl/α,β-unsaturated/α-hetero) is 1. The lowest BCUT2D eigenvalue weighted by atomic mass is 9.73. The van der Waals surface area contributed by atoms with Gasteiger partial charge in [0.1, 0.15) is 11.6 Å². The molecule has 0 spiro atoms. The van der Waals surface area contributed by atoms with E-state index in [-0.39, 0.29) is 11.6 Å². The minimum atomic E-state index is -0.207. The number of aromatic amines is 1. The second-order valence-electron chi connectivity index (χ2n) is 8.87. The summed E-state index contributed by atoms with van der Waals surface area (Å²) in [4.78, 5) is 24.3. The Labute approximate surface area is 180 Å². The van der Waals surface area contributed by atoms with Gasteiger partial charge in [-0.3, -0.25) is 9.78 Å². The van der Waals surface area contributed by atoms with Gasteiger partial charge >= 0.3 is 0 Å². The van der Waals surface area contributed by atoms with E-state index in [0.29, 0.717) is 23.3 Å². The number of pyridine rings is 1. The maximum atomic E-state index is 13.8. The number of aromatic nitrogens is 3. The lowest BCUT2D eigenvalue weighted by Gasteiger charge is -2.32. The van der Waals surface area contributed by atoms with Gasteiger partial charge in [-0.15, -0.1) is 0 Å². The number of hydrogen-bond donors (Lipinski definition) is 1. The number of rotatable bonds is 4. The Balaban J connectivity index is 1.33. The first-order valence-corrected chi connectivity index (χ1v) is 11.0. The van der Waals surface area contributed by atoms with Crippen molar-refractivity contribution in [1.82, 2.24) is 15.0 Å². The molecule has 0 aliphatic heterocycles. The molecule has 2 aromatic heterocycles. The van der Waals surface area contributed by atoms with Crippen LogP contribution in [0.25, 0.3) is 21.9 Å². The highest BCUT2D eigenvalue weighted by molar-refractivity contribution is 5.97. The fourth-order valence-corrected chi connectivity index (χ4v) is 5.11.